The SMILES string of the molecule is CC(C)CC(C)(O)CNC(=O)Cn1ccc(=O)[nH]c1=O. The van der Waals surface area contributed by atoms with Gasteiger partial charge in [-0.15, -0.1) is 0 Å². The van der Waals surface area contributed by atoms with Gasteiger partial charge in [0.05, 0.1) is 5.60 Å². The number of hydrogen-bond acceptors (Lipinski definition) is 4. The summed E-state index contributed by atoms with van der Waals surface area (Å²) >= 11 is 0. The Hall–Kier alpha value is -1.89. The van der Waals surface area contributed by atoms with Crippen LogP contribution in [0.2, 0.25) is 0 Å². The Kier molecular flexibility index (Phi) is 5.26. The van der Waals surface area contributed by atoms with E-state index in [0.29, 0.717) is 12.3 Å². The maximum Gasteiger partial charge on any atom is 0.328 e. The number of hydrogen-bond donors (Lipinski definition) is 3. The van der Waals surface area contributed by atoms with Crippen molar-refractivity contribution in [3.05, 3.63) is 33.1 Å². The maximum absolute atomic E-state index is 11.7. The van der Waals surface area contributed by atoms with Crippen molar-refractivity contribution in [2.24, 2.45) is 5.92 Å². The molecule has 0 bridgehead atoms. The summed E-state index contributed by atoms with van der Waals surface area (Å²) in [5.41, 5.74) is -2.13. The van der Waals surface area contributed by atoms with Gasteiger partial charge in [0, 0.05) is 18.8 Å². The molecule has 1 atom stereocenters. The fraction of sp³-hybridized carbons (Fsp3) is 0.615. The molecule has 3 N–H and O–H groups in total. The first-order valence-electron chi connectivity index (χ1n) is 6.48. The van der Waals surface area contributed by atoms with Crippen molar-refractivity contribution in [2.45, 2.75) is 39.3 Å². The minimum Gasteiger partial charge on any atom is -0.388 e. The van der Waals surface area contributed by atoms with Crippen LogP contribution in [-0.4, -0.2) is 32.7 Å². The van der Waals surface area contributed by atoms with Crippen LogP contribution < -0.4 is 16.6 Å². The Balaban J connectivity index is 2.56. The number of aromatic amines is 1. The highest BCUT2D eigenvalue weighted by Gasteiger charge is 2.22. The van der Waals surface area contributed by atoms with Gasteiger partial charge in [-0.1, -0.05) is 13.8 Å². The lowest BCUT2D eigenvalue weighted by atomic mass is 9.94. The van der Waals surface area contributed by atoms with E-state index in [1.807, 2.05) is 13.8 Å². The van der Waals surface area contributed by atoms with Gasteiger partial charge in [-0.05, 0) is 19.3 Å². The molecule has 112 valence electrons. The van der Waals surface area contributed by atoms with Crippen LogP contribution in [-0.2, 0) is 11.3 Å². The van der Waals surface area contributed by atoms with Crippen LogP contribution >= 0.6 is 0 Å². The summed E-state index contributed by atoms with van der Waals surface area (Å²) in [7, 11) is 0. The summed E-state index contributed by atoms with van der Waals surface area (Å²) in [6, 6.07) is 1.17. The summed E-state index contributed by atoms with van der Waals surface area (Å²) in [5.74, 6) is -0.0908. The lowest BCUT2D eigenvalue weighted by Gasteiger charge is -2.25. The second-order valence-corrected chi connectivity index (χ2v) is 5.61. The van der Waals surface area contributed by atoms with Gasteiger partial charge < -0.3 is 10.4 Å². The molecule has 1 rings (SSSR count). The molecule has 0 aliphatic rings. The summed E-state index contributed by atoms with van der Waals surface area (Å²) < 4.78 is 1.09. The number of nitrogens with one attached hydrogen (secondary N) is 2. The number of aliphatic hydroxyl groups is 1. The number of nitrogens with zero attached hydrogens (tertiary/aromatic N) is 1. The van der Waals surface area contributed by atoms with Crippen molar-refractivity contribution in [1.82, 2.24) is 14.9 Å². The molecule has 0 fully saturated rings. The van der Waals surface area contributed by atoms with Gasteiger partial charge in [-0.2, -0.15) is 0 Å². The fourth-order valence-electron chi connectivity index (χ4n) is 2.02. The predicted molar refractivity (Wildman–Crippen MR) is 74.4 cm³/mol. The summed E-state index contributed by atoms with van der Waals surface area (Å²) in [5, 5.41) is 12.6. The first-order chi connectivity index (χ1) is 9.19. The molecule has 0 aromatic carbocycles. The Labute approximate surface area is 116 Å². The van der Waals surface area contributed by atoms with Crippen LogP contribution in [0.1, 0.15) is 27.2 Å². The van der Waals surface area contributed by atoms with Crippen LogP contribution in [0.5, 0.6) is 0 Å². The largest absolute Gasteiger partial charge is 0.388 e. The summed E-state index contributed by atoms with van der Waals surface area (Å²) in [6.07, 6.45) is 1.82. The average Bonchev–Trinajstić information content (AvgIpc) is 2.29. The van der Waals surface area contributed by atoms with Crippen molar-refractivity contribution in [3.8, 4) is 0 Å². The van der Waals surface area contributed by atoms with E-state index in [-0.39, 0.29) is 13.1 Å². The lowest BCUT2D eigenvalue weighted by molar-refractivity contribution is -0.123. The van der Waals surface area contributed by atoms with E-state index < -0.39 is 22.8 Å². The highest BCUT2D eigenvalue weighted by molar-refractivity contribution is 5.75. The smallest absolute Gasteiger partial charge is 0.328 e. The highest BCUT2D eigenvalue weighted by Crippen LogP contribution is 2.14. The molecular weight excluding hydrogens is 262 g/mol. The Morgan fingerprint density at radius 2 is 2.15 bits per heavy atom. The molecule has 1 aromatic heterocycles. The van der Waals surface area contributed by atoms with E-state index in [4.69, 9.17) is 0 Å². The van der Waals surface area contributed by atoms with Crippen molar-refractivity contribution in [1.29, 1.82) is 0 Å². The van der Waals surface area contributed by atoms with Crippen molar-refractivity contribution in [2.75, 3.05) is 6.54 Å². The summed E-state index contributed by atoms with van der Waals surface area (Å²) in [6.45, 7) is 5.53. The molecule has 0 saturated heterocycles. The molecule has 1 amide bonds. The number of amides is 1. The highest BCUT2D eigenvalue weighted by atomic mass is 16.3. The zero-order chi connectivity index (χ0) is 15.3. The van der Waals surface area contributed by atoms with Gasteiger partial charge in [0.2, 0.25) is 5.91 Å². The van der Waals surface area contributed by atoms with Gasteiger partial charge in [0.15, 0.2) is 0 Å². The molecule has 0 aliphatic heterocycles. The first kappa shape index (κ1) is 16.2. The van der Waals surface area contributed by atoms with Gasteiger partial charge in [-0.3, -0.25) is 19.1 Å². The number of rotatable bonds is 6. The molecule has 20 heavy (non-hydrogen) atoms. The number of H-pyrrole nitrogens is 1. The quantitative estimate of drug-likeness (QED) is 0.651. The summed E-state index contributed by atoms with van der Waals surface area (Å²) in [4.78, 5) is 36.1. The number of carbonyl (C=O) groups excluding carboxylic acids is 1. The molecule has 1 heterocycles. The standard InChI is InChI=1S/C13H21N3O4/c1-9(2)6-13(3,20)8-14-11(18)7-16-5-4-10(17)15-12(16)19/h4-5,9,20H,6-8H2,1-3H3,(H,14,18)(H,15,17,19). The molecule has 1 unspecified atom stereocenters. The van der Waals surface area contributed by atoms with E-state index in [2.05, 4.69) is 10.3 Å². The lowest BCUT2D eigenvalue weighted by Crippen LogP contribution is -2.43. The van der Waals surface area contributed by atoms with Crippen LogP contribution in [0, 0.1) is 5.92 Å². The molecule has 7 heteroatoms. The number of carbonyl (C=O) groups is 1. The third-order valence-corrected chi connectivity index (χ3v) is 2.73. The third-order valence-electron chi connectivity index (χ3n) is 2.73. The third kappa shape index (κ3) is 5.40. The van der Waals surface area contributed by atoms with E-state index in [1.54, 1.807) is 6.92 Å². The van der Waals surface area contributed by atoms with Crippen LogP contribution in [0.4, 0.5) is 0 Å². The van der Waals surface area contributed by atoms with E-state index in [1.165, 1.54) is 12.3 Å². The van der Waals surface area contributed by atoms with E-state index in [9.17, 15) is 19.5 Å². The molecule has 0 spiro atoms. The predicted octanol–water partition coefficient (Wildman–Crippen LogP) is -0.550. The minimum absolute atomic E-state index is 0.113. The second kappa shape index (κ2) is 6.51. The molecular formula is C13H21N3O4. The van der Waals surface area contributed by atoms with Crippen molar-refractivity contribution < 1.29 is 9.90 Å². The first-order valence-corrected chi connectivity index (χ1v) is 6.48. The van der Waals surface area contributed by atoms with Gasteiger partial charge in [0.25, 0.3) is 5.56 Å². The van der Waals surface area contributed by atoms with E-state index >= 15 is 0 Å². The van der Waals surface area contributed by atoms with Crippen molar-refractivity contribution >= 4 is 5.91 Å². The maximum atomic E-state index is 11.7. The zero-order valence-corrected chi connectivity index (χ0v) is 12.0. The van der Waals surface area contributed by atoms with Gasteiger partial charge in [0.1, 0.15) is 6.54 Å². The average molecular weight is 283 g/mol. The van der Waals surface area contributed by atoms with Crippen LogP contribution in [0.15, 0.2) is 21.9 Å². The van der Waals surface area contributed by atoms with Gasteiger partial charge in [-0.25, -0.2) is 4.79 Å². The monoisotopic (exact) mass is 283 g/mol. The molecule has 7 nitrogen and oxygen atoms in total. The fourth-order valence-corrected chi connectivity index (χ4v) is 2.02. The van der Waals surface area contributed by atoms with E-state index in [0.717, 1.165) is 4.57 Å². The minimum atomic E-state index is -0.986. The molecule has 0 aliphatic carbocycles. The van der Waals surface area contributed by atoms with Gasteiger partial charge >= 0.3 is 5.69 Å². The Morgan fingerprint density at radius 3 is 2.70 bits per heavy atom. The molecule has 0 saturated carbocycles. The molecule has 1 aromatic rings. The number of aromatic nitrogens is 2. The van der Waals surface area contributed by atoms with Crippen LogP contribution in [0.25, 0.3) is 0 Å². The molecule has 0 radical (unpaired) electrons. The van der Waals surface area contributed by atoms with Crippen LogP contribution in [0.3, 0.4) is 0 Å². The Bertz CT molecular complexity index is 571. The second-order valence-electron chi connectivity index (χ2n) is 5.61. The Morgan fingerprint density at radius 1 is 1.50 bits per heavy atom. The zero-order valence-electron chi connectivity index (χ0n) is 12.0. The topological polar surface area (TPSA) is 104 Å². The van der Waals surface area contributed by atoms with Crippen molar-refractivity contribution in [3.63, 3.8) is 0 Å². The normalized spacial score (nSPS) is 14.1.